The lowest BCUT2D eigenvalue weighted by Crippen LogP contribution is -2.11. The number of carbonyl (C=O) groups is 2. The maximum atomic E-state index is 13.5. The zero-order valence-corrected chi connectivity index (χ0v) is 12.4. The van der Waals surface area contributed by atoms with Crippen LogP contribution in [0.15, 0.2) is 48.5 Å². The van der Waals surface area contributed by atoms with Crippen LogP contribution in [0.3, 0.4) is 0 Å². The molecule has 6 heteroatoms. The number of ether oxygens (including phenoxy) is 1. The molecule has 0 spiro atoms. The number of nitrogens with two attached hydrogens (primary N) is 1. The van der Waals surface area contributed by atoms with Gasteiger partial charge in [0.25, 0.3) is 0 Å². The van der Waals surface area contributed by atoms with Crippen molar-refractivity contribution in [2.45, 2.75) is 0 Å². The van der Waals surface area contributed by atoms with E-state index in [4.69, 9.17) is 10.5 Å². The Bertz CT molecular complexity index is 755. The van der Waals surface area contributed by atoms with E-state index in [0.717, 1.165) is 0 Å². The quantitative estimate of drug-likeness (QED) is 0.832. The lowest BCUT2D eigenvalue weighted by atomic mass is 10.2. The highest BCUT2D eigenvalue weighted by atomic mass is 19.1. The molecule has 0 unspecified atom stereocenters. The normalized spacial score (nSPS) is 10.5. The molecule has 0 bridgehead atoms. The van der Waals surface area contributed by atoms with Crippen LogP contribution in [0.4, 0.5) is 10.1 Å². The Morgan fingerprint density at radius 2 is 1.87 bits per heavy atom. The molecule has 0 aromatic heterocycles. The molecule has 0 aliphatic carbocycles. The van der Waals surface area contributed by atoms with Crippen molar-refractivity contribution in [2.24, 2.45) is 5.73 Å². The van der Waals surface area contributed by atoms with Gasteiger partial charge in [-0.05, 0) is 48.0 Å². The number of hydrogen-bond donors (Lipinski definition) is 2. The Morgan fingerprint density at radius 3 is 2.43 bits per heavy atom. The predicted octanol–water partition coefficient (Wildman–Crippen LogP) is 2.59. The second-order valence-electron chi connectivity index (χ2n) is 4.66. The number of benzene rings is 2. The molecular weight excluding hydrogens is 299 g/mol. The summed E-state index contributed by atoms with van der Waals surface area (Å²) in [5.74, 6) is -1.28. The van der Waals surface area contributed by atoms with Crippen LogP contribution in [0.1, 0.15) is 15.9 Å². The molecule has 118 valence electrons. The number of rotatable bonds is 5. The van der Waals surface area contributed by atoms with E-state index in [0.29, 0.717) is 16.8 Å². The summed E-state index contributed by atoms with van der Waals surface area (Å²) in [6.45, 7) is 0. The minimum atomic E-state index is -0.538. The molecular formula is C17H15FN2O3. The molecule has 23 heavy (non-hydrogen) atoms. The second-order valence-corrected chi connectivity index (χ2v) is 4.66. The maximum Gasteiger partial charge on any atom is 0.248 e. The van der Waals surface area contributed by atoms with E-state index in [-0.39, 0.29) is 11.7 Å². The summed E-state index contributed by atoms with van der Waals surface area (Å²) in [5.41, 5.74) is 6.54. The first-order valence-corrected chi connectivity index (χ1v) is 6.72. The van der Waals surface area contributed by atoms with Gasteiger partial charge >= 0.3 is 0 Å². The van der Waals surface area contributed by atoms with Crippen molar-refractivity contribution in [3.63, 3.8) is 0 Å². The molecule has 0 radical (unpaired) electrons. The molecule has 0 saturated carbocycles. The number of primary amides is 1. The fraction of sp³-hybridized carbons (Fsp3) is 0.0588. The largest absolute Gasteiger partial charge is 0.494 e. The molecule has 0 fully saturated rings. The van der Waals surface area contributed by atoms with Gasteiger partial charge in [-0.25, -0.2) is 4.39 Å². The Balaban J connectivity index is 2.01. The van der Waals surface area contributed by atoms with Crippen LogP contribution < -0.4 is 15.8 Å². The van der Waals surface area contributed by atoms with Crippen molar-refractivity contribution >= 4 is 23.6 Å². The van der Waals surface area contributed by atoms with E-state index in [9.17, 15) is 14.0 Å². The standard InChI is InChI=1S/C17H15FN2O3/c1-23-15-8-2-11(10-14(15)18)3-9-16(21)20-13-6-4-12(5-7-13)17(19)22/h2-10H,1H3,(H2,19,22)(H,20,21). The lowest BCUT2D eigenvalue weighted by molar-refractivity contribution is -0.111. The summed E-state index contributed by atoms with van der Waals surface area (Å²) in [4.78, 5) is 22.8. The van der Waals surface area contributed by atoms with Crippen LogP contribution in [0.5, 0.6) is 5.75 Å². The smallest absolute Gasteiger partial charge is 0.248 e. The van der Waals surface area contributed by atoms with Gasteiger partial charge in [0.1, 0.15) is 0 Å². The maximum absolute atomic E-state index is 13.5. The Morgan fingerprint density at radius 1 is 1.17 bits per heavy atom. The first-order chi connectivity index (χ1) is 11.0. The third-order valence-electron chi connectivity index (χ3n) is 3.04. The van der Waals surface area contributed by atoms with Gasteiger partial charge in [0.15, 0.2) is 11.6 Å². The summed E-state index contributed by atoms with van der Waals surface area (Å²) in [6.07, 6.45) is 2.76. The van der Waals surface area contributed by atoms with Gasteiger partial charge in [-0.1, -0.05) is 6.07 Å². The predicted molar refractivity (Wildman–Crippen MR) is 85.6 cm³/mol. The molecule has 2 aromatic rings. The topological polar surface area (TPSA) is 81.4 Å². The highest BCUT2D eigenvalue weighted by Gasteiger charge is 2.03. The number of halogens is 1. The fourth-order valence-electron chi connectivity index (χ4n) is 1.86. The second kappa shape index (κ2) is 7.22. The molecule has 0 atom stereocenters. The monoisotopic (exact) mass is 314 g/mol. The summed E-state index contributed by atoms with van der Waals surface area (Å²) in [6, 6.07) is 10.5. The SMILES string of the molecule is COc1ccc(C=CC(=O)Nc2ccc(C(N)=O)cc2)cc1F. The van der Waals surface area contributed by atoms with Gasteiger partial charge in [-0.15, -0.1) is 0 Å². The summed E-state index contributed by atoms with van der Waals surface area (Å²) < 4.78 is 18.3. The number of nitrogens with one attached hydrogen (secondary N) is 1. The zero-order valence-electron chi connectivity index (χ0n) is 12.4. The molecule has 0 aliphatic heterocycles. The van der Waals surface area contributed by atoms with E-state index in [2.05, 4.69) is 5.32 Å². The molecule has 0 heterocycles. The Labute approximate surface area is 132 Å². The highest BCUT2D eigenvalue weighted by molar-refractivity contribution is 6.02. The molecule has 2 amide bonds. The third-order valence-corrected chi connectivity index (χ3v) is 3.04. The highest BCUT2D eigenvalue weighted by Crippen LogP contribution is 2.18. The van der Waals surface area contributed by atoms with E-state index in [1.807, 2.05) is 0 Å². The van der Waals surface area contributed by atoms with Crippen LogP contribution in [0, 0.1) is 5.82 Å². The van der Waals surface area contributed by atoms with Gasteiger partial charge in [0.05, 0.1) is 7.11 Å². The first-order valence-electron chi connectivity index (χ1n) is 6.72. The van der Waals surface area contributed by atoms with Crippen LogP contribution >= 0.6 is 0 Å². The lowest BCUT2D eigenvalue weighted by Gasteiger charge is -2.03. The summed E-state index contributed by atoms with van der Waals surface area (Å²) in [7, 11) is 1.38. The Kier molecular flexibility index (Phi) is 5.09. The fourth-order valence-corrected chi connectivity index (χ4v) is 1.86. The van der Waals surface area contributed by atoms with Crippen molar-refractivity contribution in [3.05, 3.63) is 65.5 Å². The number of anilines is 1. The number of amides is 2. The molecule has 0 aliphatic rings. The van der Waals surface area contributed by atoms with Gasteiger partial charge in [0.2, 0.25) is 11.8 Å². The van der Waals surface area contributed by atoms with Crippen molar-refractivity contribution < 1.29 is 18.7 Å². The average molecular weight is 314 g/mol. The molecule has 2 rings (SSSR count). The van der Waals surface area contributed by atoms with Crippen LogP contribution in [0.25, 0.3) is 6.08 Å². The zero-order chi connectivity index (χ0) is 16.8. The molecule has 2 aromatic carbocycles. The number of carbonyl (C=O) groups excluding carboxylic acids is 2. The Hall–Kier alpha value is -3.15. The van der Waals surface area contributed by atoms with Crippen molar-refractivity contribution in [3.8, 4) is 5.75 Å². The minimum absolute atomic E-state index is 0.140. The first kappa shape index (κ1) is 16.2. The van der Waals surface area contributed by atoms with Crippen LogP contribution in [-0.2, 0) is 4.79 Å². The van der Waals surface area contributed by atoms with Crippen LogP contribution in [-0.4, -0.2) is 18.9 Å². The van der Waals surface area contributed by atoms with E-state index < -0.39 is 11.7 Å². The van der Waals surface area contributed by atoms with Crippen molar-refractivity contribution in [1.82, 2.24) is 0 Å². The number of hydrogen-bond acceptors (Lipinski definition) is 3. The molecule has 5 nitrogen and oxygen atoms in total. The van der Waals surface area contributed by atoms with E-state index >= 15 is 0 Å². The molecule has 3 N–H and O–H groups in total. The third kappa shape index (κ3) is 4.41. The van der Waals surface area contributed by atoms with Gasteiger partial charge in [0, 0.05) is 17.3 Å². The van der Waals surface area contributed by atoms with Crippen molar-refractivity contribution in [1.29, 1.82) is 0 Å². The van der Waals surface area contributed by atoms with Crippen molar-refractivity contribution in [2.75, 3.05) is 12.4 Å². The van der Waals surface area contributed by atoms with E-state index in [1.165, 1.54) is 43.5 Å². The summed E-state index contributed by atoms with van der Waals surface area (Å²) >= 11 is 0. The van der Waals surface area contributed by atoms with Crippen LogP contribution in [0.2, 0.25) is 0 Å². The summed E-state index contributed by atoms with van der Waals surface area (Å²) in [5, 5.41) is 2.62. The average Bonchev–Trinajstić information content (AvgIpc) is 2.53. The van der Waals surface area contributed by atoms with E-state index in [1.54, 1.807) is 18.2 Å². The van der Waals surface area contributed by atoms with Gasteiger partial charge in [-0.3, -0.25) is 9.59 Å². The van der Waals surface area contributed by atoms with Gasteiger partial charge < -0.3 is 15.8 Å². The molecule has 0 saturated heterocycles. The van der Waals surface area contributed by atoms with Gasteiger partial charge in [-0.2, -0.15) is 0 Å². The number of methoxy groups -OCH3 is 1. The minimum Gasteiger partial charge on any atom is -0.494 e.